The van der Waals surface area contributed by atoms with Gasteiger partial charge in [0.15, 0.2) is 6.04 Å². The maximum absolute atomic E-state index is 11.5. The summed E-state index contributed by atoms with van der Waals surface area (Å²) in [7, 11) is 0. The second-order valence-corrected chi connectivity index (χ2v) is 3.24. The van der Waals surface area contributed by atoms with Crippen molar-refractivity contribution in [3.63, 3.8) is 0 Å². The van der Waals surface area contributed by atoms with E-state index in [2.05, 4.69) is 5.43 Å². The first kappa shape index (κ1) is 10.3. The molecule has 1 fully saturated rings. The number of hydrogen-bond acceptors (Lipinski definition) is 4. The lowest BCUT2D eigenvalue weighted by Crippen LogP contribution is -2.41. The highest BCUT2D eigenvalue weighted by Gasteiger charge is 2.43. The lowest BCUT2D eigenvalue weighted by atomic mass is 10.2. The first-order chi connectivity index (χ1) is 7.61. The zero-order chi connectivity index (χ0) is 11.7. The largest absolute Gasteiger partial charge is 0.480 e. The number of benzene rings is 1. The predicted molar refractivity (Wildman–Crippen MR) is 53.5 cm³/mol. The lowest BCUT2D eigenvalue weighted by Gasteiger charge is -2.14. The average molecular weight is 220 g/mol. The number of anilines is 1. The smallest absolute Gasteiger partial charge is 0.330 e. The van der Waals surface area contributed by atoms with Crippen LogP contribution in [0.4, 0.5) is 5.69 Å². The van der Waals surface area contributed by atoms with Crippen LogP contribution in [0, 0.1) is 0 Å². The molecule has 0 spiro atoms. The summed E-state index contributed by atoms with van der Waals surface area (Å²) in [4.78, 5) is 33.4. The van der Waals surface area contributed by atoms with Crippen LogP contribution in [0.2, 0.25) is 0 Å². The predicted octanol–water partition coefficient (Wildman–Crippen LogP) is -0.440. The number of rotatable bonds is 2. The number of carbonyl (C=O) groups is 3. The van der Waals surface area contributed by atoms with Crippen LogP contribution in [0.15, 0.2) is 30.3 Å². The second kappa shape index (κ2) is 3.74. The molecule has 1 heterocycles. The summed E-state index contributed by atoms with van der Waals surface area (Å²) in [5.41, 5.74) is 2.78. The molecule has 16 heavy (non-hydrogen) atoms. The van der Waals surface area contributed by atoms with Gasteiger partial charge in [0.2, 0.25) is 0 Å². The van der Waals surface area contributed by atoms with Gasteiger partial charge >= 0.3 is 11.9 Å². The summed E-state index contributed by atoms with van der Waals surface area (Å²) in [6.07, 6.45) is 0. The Morgan fingerprint density at radius 3 is 2.38 bits per heavy atom. The van der Waals surface area contributed by atoms with Crippen LogP contribution < -0.4 is 10.4 Å². The molecule has 0 aromatic heterocycles. The third kappa shape index (κ3) is 1.55. The molecule has 82 valence electrons. The Morgan fingerprint density at radius 1 is 1.25 bits per heavy atom. The fourth-order valence-corrected chi connectivity index (χ4v) is 1.42. The number of ketones is 1. The molecule has 6 heteroatoms. The molecule has 1 amide bonds. The molecule has 1 unspecified atom stereocenters. The van der Waals surface area contributed by atoms with Crippen molar-refractivity contribution in [2.75, 3.05) is 5.01 Å². The van der Waals surface area contributed by atoms with E-state index in [0.29, 0.717) is 5.69 Å². The monoisotopic (exact) mass is 220 g/mol. The molecule has 0 bridgehead atoms. The number of carboxylic acid groups (broad SMARTS) is 1. The van der Waals surface area contributed by atoms with Crippen LogP contribution in [0.1, 0.15) is 0 Å². The maximum Gasteiger partial charge on any atom is 0.330 e. The molecular weight excluding hydrogens is 212 g/mol. The Balaban J connectivity index is 2.30. The quantitative estimate of drug-likeness (QED) is 0.521. The highest BCUT2D eigenvalue weighted by Crippen LogP contribution is 2.16. The molecule has 1 atom stereocenters. The first-order valence-corrected chi connectivity index (χ1v) is 4.53. The van der Waals surface area contributed by atoms with Crippen molar-refractivity contribution in [2.45, 2.75) is 6.04 Å². The van der Waals surface area contributed by atoms with E-state index in [1.165, 1.54) is 0 Å². The topological polar surface area (TPSA) is 86.7 Å². The molecular formula is C10H8N2O4. The van der Waals surface area contributed by atoms with Crippen molar-refractivity contribution in [1.82, 2.24) is 5.43 Å². The average Bonchev–Trinajstić information content (AvgIpc) is 2.58. The number of nitrogens with zero attached hydrogens (tertiary/aromatic N) is 1. The Morgan fingerprint density at radius 2 is 1.88 bits per heavy atom. The fraction of sp³-hybridized carbons (Fsp3) is 0.100. The molecule has 1 aromatic rings. The van der Waals surface area contributed by atoms with Crippen molar-refractivity contribution in [2.24, 2.45) is 0 Å². The van der Waals surface area contributed by atoms with Crippen LogP contribution in [0.3, 0.4) is 0 Å². The summed E-state index contributed by atoms with van der Waals surface area (Å²) >= 11 is 0. The van der Waals surface area contributed by atoms with Crippen molar-refractivity contribution >= 4 is 23.3 Å². The molecule has 0 aliphatic carbocycles. The number of nitrogens with one attached hydrogen (secondary N) is 1. The van der Waals surface area contributed by atoms with Crippen LogP contribution in [-0.4, -0.2) is 28.8 Å². The molecule has 1 aromatic carbocycles. The van der Waals surface area contributed by atoms with E-state index in [0.717, 1.165) is 5.01 Å². The third-order valence-electron chi connectivity index (χ3n) is 2.20. The van der Waals surface area contributed by atoms with E-state index >= 15 is 0 Å². The summed E-state index contributed by atoms with van der Waals surface area (Å²) in [6, 6.07) is 6.82. The SMILES string of the molecule is O=C(O)C1NN(c2ccccc2)C(=O)C1=O. The highest BCUT2D eigenvalue weighted by atomic mass is 16.4. The number of hydrogen-bond donors (Lipinski definition) is 2. The Kier molecular flexibility index (Phi) is 2.41. The number of amides is 1. The van der Waals surface area contributed by atoms with E-state index in [-0.39, 0.29) is 0 Å². The Bertz CT molecular complexity index is 457. The minimum absolute atomic E-state index is 0.435. The number of aliphatic carboxylic acids is 1. The number of hydrazine groups is 1. The third-order valence-corrected chi connectivity index (χ3v) is 2.20. The molecule has 1 aliphatic heterocycles. The summed E-state index contributed by atoms with van der Waals surface area (Å²) in [6.45, 7) is 0. The minimum atomic E-state index is -1.49. The zero-order valence-electron chi connectivity index (χ0n) is 8.08. The van der Waals surface area contributed by atoms with Gasteiger partial charge in [-0.25, -0.2) is 15.2 Å². The van der Waals surface area contributed by atoms with E-state index in [1.807, 2.05) is 0 Å². The van der Waals surface area contributed by atoms with E-state index < -0.39 is 23.7 Å². The van der Waals surface area contributed by atoms with Crippen molar-refractivity contribution in [3.05, 3.63) is 30.3 Å². The van der Waals surface area contributed by atoms with Crippen molar-refractivity contribution in [1.29, 1.82) is 0 Å². The van der Waals surface area contributed by atoms with Gasteiger partial charge in [-0.2, -0.15) is 0 Å². The second-order valence-electron chi connectivity index (χ2n) is 3.24. The molecule has 6 nitrogen and oxygen atoms in total. The molecule has 1 saturated heterocycles. The van der Waals surface area contributed by atoms with Crippen molar-refractivity contribution in [3.8, 4) is 0 Å². The molecule has 2 N–H and O–H groups in total. The number of carbonyl (C=O) groups excluding carboxylic acids is 2. The Labute approximate surface area is 90.4 Å². The molecule has 2 rings (SSSR count). The van der Waals surface area contributed by atoms with Crippen LogP contribution in [0.25, 0.3) is 0 Å². The van der Waals surface area contributed by atoms with Gasteiger partial charge in [0.1, 0.15) is 0 Å². The number of carboxylic acids is 1. The first-order valence-electron chi connectivity index (χ1n) is 4.53. The molecule has 0 radical (unpaired) electrons. The van der Waals surface area contributed by atoms with Gasteiger partial charge in [-0.1, -0.05) is 18.2 Å². The van der Waals surface area contributed by atoms with Gasteiger partial charge in [-0.15, -0.1) is 0 Å². The normalized spacial score (nSPS) is 20.2. The van der Waals surface area contributed by atoms with Gasteiger partial charge < -0.3 is 5.11 Å². The van der Waals surface area contributed by atoms with Gasteiger partial charge in [-0.05, 0) is 12.1 Å². The summed E-state index contributed by atoms with van der Waals surface area (Å²) in [5.74, 6) is -3.19. The number of Topliss-reactive ketones (excluding diaryl/α,β-unsaturated/α-hetero) is 1. The van der Waals surface area contributed by atoms with Gasteiger partial charge in [0.25, 0.3) is 5.78 Å². The van der Waals surface area contributed by atoms with Gasteiger partial charge in [-0.3, -0.25) is 9.59 Å². The van der Waals surface area contributed by atoms with Gasteiger partial charge in [0, 0.05) is 0 Å². The minimum Gasteiger partial charge on any atom is -0.480 e. The zero-order valence-corrected chi connectivity index (χ0v) is 8.08. The highest BCUT2D eigenvalue weighted by molar-refractivity contribution is 6.48. The van der Waals surface area contributed by atoms with E-state index in [1.54, 1.807) is 30.3 Å². The van der Waals surface area contributed by atoms with Crippen LogP contribution >= 0.6 is 0 Å². The van der Waals surface area contributed by atoms with Crippen molar-refractivity contribution < 1.29 is 19.5 Å². The van der Waals surface area contributed by atoms with E-state index in [9.17, 15) is 14.4 Å². The van der Waals surface area contributed by atoms with Crippen LogP contribution in [0.5, 0.6) is 0 Å². The summed E-state index contributed by atoms with van der Waals surface area (Å²) in [5, 5.41) is 9.65. The fourth-order valence-electron chi connectivity index (χ4n) is 1.42. The maximum atomic E-state index is 11.5. The van der Waals surface area contributed by atoms with E-state index in [4.69, 9.17) is 5.11 Å². The van der Waals surface area contributed by atoms with Crippen LogP contribution in [-0.2, 0) is 14.4 Å². The number of para-hydroxylation sites is 1. The standard InChI is InChI=1S/C10H8N2O4/c13-8-7(10(15)16)11-12(9(8)14)6-4-2-1-3-5-6/h1-5,7,11H,(H,15,16). The van der Waals surface area contributed by atoms with Gasteiger partial charge in [0.05, 0.1) is 5.69 Å². The summed E-state index contributed by atoms with van der Waals surface area (Å²) < 4.78 is 0. The Hall–Kier alpha value is -2.21. The molecule has 0 saturated carbocycles. The lowest BCUT2D eigenvalue weighted by molar-refractivity contribution is -0.144. The molecule has 1 aliphatic rings.